The maximum absolute atomic E-state index is 15.3. The third-order valence-corrected chi connectivity index (χ3v) is 7.46. The standard InChI is InChI=1S/C30H29F5O2/c1-2-3-4-5-17-6-8-18(9-7-17)19-10-12-20(13-11-19)22-16-23(31)27(30(36)37)29(35)26(22)21-14-24(32)28(34)25(33)15-21/h10-18H,2-9H2,1H3,(H,36,37). The summed E-state index contributed by atoms with van der Waals surface area (Å²) in [6.07, 6.45) is 9.44. The average molecular weight is 517 g/mol. The van der Waals surface area contributed by atoms with E-state index < -0.39 is 51.7 Å². The minimum atomic E-state index is -1.87. The normalized spacial score (nSPS) is 17.7. The molecule has 1 fully saturated rings. The number of unbranched alkanes of at least 4 members (excludes halogenated alkanes) is 2. The second kappa shape index (κ2) is 11.4. The number of rotatable bonds is 8. The molecule has 7 heteroatoms. The van der Waals surface area contributed by atoms with Crippen LogP contribution in [0.1, 0.15) is 80.1 Å². The number of hydrogen-bond acceptors (Lipinski definition) is 1. The molecule has 0 saturated heterocycles. The van der Waals surface area contributed by atoms with Crippen LogP contribution in [-0.2, 0) is 0 Å². The summed E-state index contributed by atoms with van der Waals surface area (Å²) in [6.45, 7) is 2.20. The summed E-state index contributed by atoms with van der Waals surface area (Å²) >= 11 is 0. The zero-order valence-electron chi connectivity index (χ0n) is 20.6. The molecule has 2 nitrogen and oxygen atoms in total. The quantitative estimate of drug-likeness (QED) is 0.184. The molecule has 0 amide bonds. The van der Waals surface area contributed by atoms with Gasteiger partial charge in [-0.25, -0.2) is 26.7 Å². The first-order valence-corrected chi connectivity index (χ1v) is 12.7. The van der Waals surface area contributed by atoms with Crippen molar-refractivity contribution in [2.45, 2.75) is 64.2 Å². The predicted octanol–water partition coefficient (Wildman–Crippen LogP) is 9.27. The van der Waals surface area contributed by atoms with Gasteiger partial charge in [-0.1, -0.05) is 56.9 Å². The lowest BCUT2D eigenvalue weighted by Gasteiger charge is -2.29. The summed E-state index contributed by atoms with van der Waals surface area (Å²) < 4.78 is 71.5. The number of hydrogen-bond donors (Lipinski definition) is 1. The molecular weight excluding hydrogens is 487 g/mol. The van der Waals surface area contributed by atoms with Crippen molar-refractivity contribution in [3.63, 3.8) is 0 Å². The van der Waals surface area contributed by atoms with E-state index in [9.17, 15) is 27.5 Å². The van der Waals surface area contributed by atoms with Crippen LogP contribution in [0.15, 0.2) is 42.5 Å². The molecule has 0 spiro atoms. The third-order valence-electron chi connectivity index (χ3n) is 7.46. The van der Waals surface area contributed by atoms with Crippen molar-refractivity contribution in [2.75, 3.05) is 0 Å². The number of carboxylic acids is 1. The van der Waals surface area contributed by atoms with Crippen LogP contribution < -0.4 is 0 Å². The zero-order valence-corrected chi connectivity index (χ0v) is 20.6. The van der Waals surface area contributed by atoms with E-state index in [1.54, 1.807) is 12.1 Å². The molecule has 1 N–H and O–H groups in total. The first-order chi connectivity index (χ1) is 17.7. The molecular formula is C30H29F5O2. The molecule has 0 radical (unpaired) electrons. The zero-order chi connectivity index (χ0) is 26.7. The molecule has 196 valence electrons. The van der Waals surface area contributed by atoms with Gasteiger partial charge in [0.1, 0.15) is 17.2 Å². The maximum Gasteiger partial charge on any atom is 0.341 e. The van der Waals surface area contributed by atoms with Crippen LogP contribution in [0.3, 0.4) is 0 Å². The summed E-state index contributed by atoms with van der Waals surface area (Å²) in [5.74, 6) is -8.43. The highest BCUT2D eigenvalue weighted by Crippen LogP contribution is 2.41. The lowest BCUT2D eigenvalue weighted by Crippen LogP contribution is -2.13. The van der Waals surface area contributed by atoms with Gasteiger partial charge in [0.2, 0.25) is 0 Å². The Balaban J connectivity index is 1.67. The van der Waals surface area contributed by atoms with Crippen molar-refractivity contribution in [2.24, 2.45) is 5.92 Å². The molecule has 0 bridgehead atoms. The van der Waals surface area contributed by atoms with Gasteiger partial charge in [-0.05, 0) is 78.0 Å². The Labute approximate surface area is 213 Å². The van der Waals surface area contributed by atoms with Crippen molar-refractivity contribution in [1.82, 2.24) is 0 Å². The van der Waals surface area contributed by atoms with E-state index in [1.165, 1.54) is 25.7 Å². The van der Waals surface area contributed by atoms with Gasteiger partial charge in [0.15, 0.2) is 17.5 Å². The van der Waals surface area contributed by atoms with Gasteiger partial charge >= 0.3 is 5.97 Å². The van der Waals surface area contributed by atoms with Crippen molar-refractivity contribution in [3.8, 4) is 22.3 Å². The van der Waals surface area contributed by atoms with E-state index in [-0.39, 0.29) is 5.56 Å². The Kier molecular flexibility index (Phi) is 8.30. The van der Waals surface area contributed by atoms with E-state index in [1.807, 2.05) is 12.1 Å². The fourth-order valence-corrected chi connectivity index (χ4v) is 5.43. The number of aromatic carboxylic acids is 1. The van der Waals surface area contributed by atoms with E-state index in [0.717, 1.165) is 43.2 Å². The van der Waals surface area contributed by atoms with Crippen LogP contribution in [0.5, 0.6) is 0 Å². The highest BCUT2D eigenvalue weighted by molar-refractivity contribution is 5.94. The molecule has 0 aromatic heterocycles. The highest BCUT2D eigenvalue weighted by atomic mass is 19.2. The molecule has 1 aliphatic carbocycles. The lowest BCUT2D eigenvalue weighted by molar-refractivity contribution is 0.0686. The summed E-state index contributed by atoms with van der Waals surface area (Å²) in [5, 5.41) is 9.30. The molecule has 37 heavy (non-hydrogen) atoms. The number of carboxylic acid groups (broad SMARTS) is 1. The summed E-state index contributed by atoms with van der Waals surface area (Å²) in [7, 11) is 0. The largest absolute Gasteiger partial charge is 0.477 e. The monoisotopic (exact) mass is 516 g/mol. The number of benzene rings is 3. The van der Waals surface area contributed by atoms with Crippen LogP contribution in [-0.4, -0.2) is 11.1 Å². The first kappa shape index (κ1) is 26.8. The van der Waals surface area contributed by atoms with Crippen molar-refractivity contribution < 1.29 is 31.9 Å². The van der Waals surface area contributed by atoms with E-state index in [2.05, 4.69) is 6.92 Å². The van der Waals surface area contributed by atoms with Crippen LogP contribution >= 0.6 is 0 Å². The van der Waals surface area contributed by atoms with Crippen molar-refractivity contribution in [3.05, 3.63) is 82.7 Å². The Morgan fingerprint density at radius 1 is 0.811 bits per heavy atom. The Bertz CT molecular complexity index is 1260. The smallest absolute Gasteiger partial charge is 0.341 e. The number of carbonyl (C=O) groups is 1. The van der Waals surface area contributed by atoms with Gasteiger partial charge in [0, 0.05) is 5.56 Å². The second-order valence-electron chi connectivity index (χ2n) is 9.86. The van der Waals surface area contributed by atoms with E-state index in [0.29, 0.717) is 23.6 Å². The van der Waals surface area contributed by atoms with Crippen molar-refractivity contribution >= 4 is 5.97 Å². The Hall–Kier alpha value is -3.22. The molecule has 0 unspecified atom stereocenters. The van der Waals surface area contributed by atoms with Gasteiger partial charge in [-0.2, -0.15) is 0 Å². The van der Waals surface area contributed by atoms with Crippen LogP contribution in [0.4, 0.5) is 22.0 Å². The number of halogens is 5. The van der Waals surface area contributed by atoms with Crippen molar-refractivity contribution in [1.29, 1.82) is 0 Å². The fraction of sp³-hybridized carbons (Fsp3) is 0.367. The molecule has 4 rings (SSSR count). The van der Waals surface area contributed by atoms with Crippen LogP contribution in [0, 0.1) is 35.0 Å². The molecule has 3 aromatic rings. The molecule has 0 heterocycles. The molecule has 3 aromatic carbocycles. The predicted molar refractivity (Wildman–Crippen MR) is 133 cm³/mol. The first-order valence-electron chi connectivity index (χ1n) is 12.7. The van der Waals surface area contributed by atoms with Gasteiger partial charge in [0.05, 0.1) is 0 Å². The Morgan fingerprint density at radius 2 is 1.43 bits per heavy atom. The molecule has 0 atom stereocenters. The van der Waals surface area contributed by atoms with E-state index >= 15 is 4.39 Å². The van der Waals surface area contributed by atoms with E-state index in [4.69, 9.17) is 0 Å². The minimum absolute atomic E-state index is 0.0865. The topological polar surface area (TPSA) is 37.3 Å². The molecule has 1 aliphatic rings. The average Bonchev–Trinajstić information content (AvgIpc) is 2.87. The molecule has 1 saturated carbocycles. The molecule has 0 aliphatic heterocycles. The van der Waals surface area contributed by atoms with Gasteiger partial charge in [-0.15, -0.1) is 0 Å². The Morgan fingerprint density at radius 3 is 2.00 bits per heavy atom. The lowest BCUT2D eigenvalue weighted by atomic mass is 9.77. The maximum atomic E-state index is 15.3. The SMILES string of the molecule is CCCCCC1CCC(c2ccc(-c3cc(F)c(C(=O)O)c(F)c3-c3cc(F)c(F)c(F)c3)cc2)CC1. The summed E-state index contributed by atoms with van der Waals surface area (Å²) in [4.78, 5) is 11.5. The second-order valence-corrected chi connectivity index (χ2v) is 9.86. The van der Waals surface area contributed by atoms with Gasteiger partial charge < -0.3 is 5.11 Å². The van der Waals surface area contributed by atoms with Crippen LogP contribution in [0.2, 0.25) is 0 Å². The van der Waals surface area contributed by atoms with Gasteiger partial charge in [-0.3, -0.25) is 0 Å². The third kappa shape index (κ3) is 5.71. The fourth-order valence-electron chi connectivity index (χ4n) is 5.43. The van der Waals surface area contributed by atoms with Crippen LogP contribution in [0.25, 0.3) is 22.3 Å². The summed E-state index contributed by atoms with van der Waals surface area (Å²) in [5.41, 5.74) is -0.854. The highest BCUT2D eigenvalue weighted by Gasteiger charge is 2.27. The summed E-state index contributed by atoms with van der Waals surface area (Å²) in [6, 6.07) is 9.03. The van der Waals surface area contributed by atoms with Gasteiger partial charge in [0.25, 0.3) is 0 Å². The minimum Gasteiger partial charge on any atom is -0.477 e.